The number of carbonyl (C=O) groups is 2. The molecule has 2 amide bonds. The fourth-order valence-corrected chi connectivity index (χ4v) is 6.39. The number of aliphatic hydroxyl groups excluding tert-OH is 3. The van der Waals surface area contributed by atoms with Crippen LogP contribution in [0.25, 0.3) is 0 Å². The highest BCUT2D eigenvalue weighted by Gasteiger charge is 2.30. The van der Waals surface area contributed by atoms with E-state index in [2.05, 4.69) is 24.5 Å². The van der Waals surface area contributed by atoms with Gasteiger partial charge < -0.3 is 26.0 Å². The topological polar surface area (TPSA) is 119 Å². The largest absolute Gasteiger partial charge is 0.393 e. The van der Waals surface area contributed by atoms with E-state index in [9.17, 15) is 24.9 Å². The van der Waals surface area contributed by atoms with Crippen LogP contribution in [0, 0.1) is 11.8 Å². The molecule has 0 spiro atoms. The second-order valence-corrected chi connectivity index (χ2v) is 14.3. The van der Waals surface area contributed by atoms with Gasteiger partial charge in [0.2, 0.25) is 11.8 Å². The van der Waals surface area contributed by atoms with E-state index in [1.807, 2.05) is 0 Å². The quantitative estimate of drug-likeness (QED) is 0.0357. The molecule has 46 heavy (non-hydrogen) atoms. The smallest absolute Gasteiger partial charge is 0.227 e. The van der Waals surface area contributed by atoms with Gasteiger partial charge in [0.25, 0.3) is 0 Å². The molecule has 0 radical (unpaired) electrons. The van der Waals surface area contributed by atoms with Crippen molar-refractivity contribution in [1.29, 1.82) is 0 Å². The Morgan fingerprint density at radius 2 is 0.652 bits per heavy atom. The first-order valence-electron chi connectivity index (χ1n) is 19.8. The molecule has 0 rings (SSSR count). The number of carbonyl (C=O) groups excluding carboxylic acids is 2. The predicted octanol–water partition coefficient (Wildman–Crippen LogP) is 9.10. The summed E-state index contributed by atoms with van der Waals surface area (Å²) in [6, 6.07) is 0. The van der Waals surface area contributed by atoms with Crippen molar-refractivity contribution < 1.29 is 24.9 Å². The second kappa shape index (κ2) is 31.1. The van der Waals surface area contributed by atoms with Crippen LogP contribution in [0.5, 0.6) is 0 Å². The van der Waals surface area contributed by atoms with Crippen molar-refractivity contribution in [3.8, 4) is 0 Å². The maximum atomic E-state index is 13.1. The zero-order chi connectivity index (χ0) is 34.4. The van der Waals surface area contributed by atoms with E-state index in [1.54, 1.807) is 13.8 Å². The van der Waals surface area contributed by atoms with Crippen molar-refractivity contribution in [3.05, 3.63) is 0 Å². The molecule has 0 saturated carbocycles. The molecule has 7 heteroatoms. The molecule has 0 aromatic heterocycles. The van der Waals surface area contributed by atoms with Crippen molar-refractivity contribution in [2.24, 2.45) is 11.8 Å². The van der Waals surface area contributed by atoms with E-state index >= 15 is 0 Å². The maximum Gasteiger partial charge on any atom is 0.227 e. The van der Waals surface area contributed by atoms with Crippen LogP contribution in [-0.4, -0.2) is 51.6 Å². The number of amides is 2. The standard InChI is InChI=1S/C39H78N2O5/c1-6-8-10-12-14-16-18-20-22-24-26-28-30-35(32(3)42)38(45)40-37(34(5)44)41-39(46)36(33(4)43)31-29-27-25-23-21-19-17-15-13-11-9-7-2/h32-37,42-44H,6-31H2,1-5H3,(H,40,45)(H,41,46). The lowest BCUT2D eigenvalue weighted by Gasteiger charge is -2.29. The minimum Gasteiger partial charge on any atom is -0.393 e. The Labute approximate surface area is 284 Å². The summed E-state index contributed by atoms with van der Waals surface area (Å²) >= 11 is 0. The minimum absolute atomic E-state index is 0.362. The lowest BCUT2D eigenvalue weighted by Crippen LogP contribution is -2.57. The van der Waals surface area contributed by atoms with Crippen molar-refractivity contribution in [3.63, 3.8) is 0 Å². The Kier molecular flexibility index (Phi) is 30.3. The van der Waals surface area contributed by atoms with Gasteiger partial charge in [0.15, 0.2) is 0 Å². The third-order valence-corrected chi connectivity index (χ3v) is 9.65. The Morgan fingerprint density at radius 3 is 0.870 bits per heavy atom. The average Bonchev–Trinajstić information content (AvgIpc) is 3.00. The summed E-state index contributed by atoms with van der Waals surface area (Å²) in [6.45, 7) is 9.27. The Bertz CT molecular complexity index is 646. The van der Waals surface area contributed by atoms with Crippen LogP contribution < -0.4 is 10.6 Å². The monoisotopic (exact) mass is 655 g/mol. The van der Waals surface area contributed by atoms with Gasteiger partial charge in [0.05, 0.1) is 30.1 Å². The molecule has 274 valence electrons. The van der Waals surface area contributed by atoms with E-state index < -0.39 is 36.3 Å². The highest BCUT2D eigenvalue weighted by atomic mass is 16.3. The summed E-state index contributed by atoms with van der Waals surface area (Å²) < 4.78 is 0. The summed E-state index contributed by atoms with van der Waals surface area (Å²) in [5.74, 6) is -1.93. The highest BCUT2D eigenvalue weighted by Crippen LogP contribution is 2.19. The molecule has 0 heterocycles. The summed E-state index contributed by atoms with van der Waals surface area (Å²) in [7, 11) is 0. The van der Waals surface area contributed by atoms with Gasteiger partial charge in [-0.2, -0.15) is 0 Å². The van der Waals surface area contributed by atoms with Crippen LogP contribution in [0.1, 0.15) is 202 Å². The number of rotatable bonds is 33. The molecule has 5 atom stereocenters. The Morgan fingerprint density at radius 1 is 0.413 bits per heavy atom. The van der Waals surface area contributed by atoms with Crippen molar-refractivity contribution in [2.45, 2.75) is 226 Å². The first-order chi connectivity index (χ1) is 22.1. The zero-order valence-electron chi connectivity index (χ0n) is 31.0. The summed E-state index contributed by atoms with van der Waals surface area (Å²) in [5.41, 5.74) is 0. The molecule has 0 bridgehead atoms. The van der Waals surface area contributed by atoms with Crippen LogP contribution in [0.4, 0.5) is 0 Å². The molecular formula is C39H78N2O5. The number of hydrogen-bond acceptors (Lipinski definition) is 5. The summed E-state index contributed by atoms with van der Waals surface area (Å²) in [4.78, 5) is 26.3. The zero-order valence-corrected chi connectivity index (χ0v) is 31.0. The van der Waals surface area contributed by atoms with Gasteiger partial charge in [-0.25, -0.2) is 0 Å². The van der Waals surface area contributed by atoms with Crippen LogP contribution in [0.15, 0.2) is 0 Å². The molecule has 7 nitrogen and oxygen atoms in total. The second-order valence-electron chi connectivity index (χ2n) is 14.3. The van der Waals surface area contributed by atoms with Gasteiger partial charge in [0, 0.05) is 0 Å². The first-order valence-corrected chi connectivity index (χ1v) is 19.8. The molecule has 0 aliphatic rings. The molecule has 5 unspecified atom stereocenters. The molecule has 0 fully saturated rings. The van der Waals surface area contributed by atoms with E-state index in [0.29, 0.717) is 12.8 Å². The van der Waals surface area contributed by atoms with Crippen LogP contribution in [-0.2, 0) is 9.59 Å². The lowest BCUT2D eigenvalue weighted by atomic mass is 9.94. The molecule has 0 aliphatic carbocycles. The van der Waals surface area contributed by atoms with Gasteiger partial charge in [-0.05, 0) is 33.6 Å². The fourth-order valence-electron chi connectivity index (χ4n) is 6.39. The van der Waals surface area contributed by atoms with Crippen molar-refractivity contribution >= 4 is 11.8 Å². The van der Waals surface area contributed by atoms with Gasteiger partial charge in [-0.3, -0.25) is 9.59 Å². The predicted molar refractivity (Wildman–Crippen MR) is 193 cm³/mol. The summed E-state index contributed by atoms with van der Waals surface area (Å²) in [5, 5.41) is 36.6. The molecule has 0 aromatic rings. The maximum absolute atomic E-state index is 13.1. The lowest BCUT2D eigenvalue weighted by molar-refractivity contribution is -0.133. The number of aliphatic hydroxyl groups is 3. The third kappa shape index (κ3) is 24.9. The number of nitrogens with one attached hydrogen (secondary N) is 2. The molecule has 0 aliphatic heterocycles. The normalized spacial score (nSPS) is 15.6. The molecule has 0 saturated heterocycles. The van der Waals surface area contributed by atoms with E-state index in [0.717, 1.165) is 38.5 Å². The van der Waals surface area contributed by atoms with E-state index in [4.69, 9.17) is 0 Å². The number of hydrogen-bond donors (Lipinski definition) is 5. The highest BCUT2D eigenvalue weighted by molar-refractivity contribution is 5.82. The van der Waals surface area contributed by atoms with Crippen molar-refractivity contribution in [2.75, 3.05) is 0 Å². The van der Waals surface area contributed by atoms with Crippen LogP contribution in [0.3, 0.4) is 0 Å². The van der Waals surface area contributed by atoms with Gasteiger partial charge in [-0.1, -0.05) is 168 Å². The Balaban J connectivity index is 4.44. The minimum atomic E-state index is -1.02. The SMILES string of the molecule is CCCCCCCCCCCCCCC(C(=O)NC(NC(=O)C(CCCCCCCCCCCCCC)C(C)O)C(C)O)C(C)O. The van der Waals surface area contributed by atoms with Crippen molar-refractivity contribution in [1.82, 2.24) is 10.6 Å². The van der Waals surface area contributed by atoms with Gasteiger partial charge >= 0.3 is 0 Å². The Hall–Kier alpha value is -1.18. The van der Waals surface area contributed by atoms with E-state index in [1.165, 1.54) is 122 Å². The first kappa shape index (κ1) is 44.8. The average molecular weight is 655 g/mol. The summed E-state index contributed by atoms with van der Waals surface area (Å²) in [6.07, 6.45) is 27.1. The number of unbranched alkanes of at least 4 members (excludes halogenated alkanes) is 22. The van der Waals surface area contributed by atoms with Gasteiger partial charge in [0.1, 0.15) is 6.17 Å². The fraction of sp³-hybridized carbons (Fsp3) is 0.949. The van der Waals surface area contributed by atoms with E-state index in [-0.39, 0.29) is 11.8 Å². The van der Waals surface area contributed by atoms with Gasteiger partial charge in [-0.15, -0.1) is 0 Å². The van der Waals surface area contributed by atoms with Crippen LogP contribution >= 0.6 is 0 Å². The molecule has 0 aromatic carbocycles. The third-order valence-electron chi connectivity index (χ3n) is 9.65. The van der Waals surface area contributed by atoms with Crippen LogP contribution in [0.2, 0.25) is 0 Å². The molecular weight excluding hydrogens is 576 g/mol. The molecule has 5 N–H and O–H groups in total.